The highest BCUT2D eigenvalue weighted by molar-refractivity contribution is 8.16. The molecule has 32 heavy (non-hydrogen) atoms. The summed E-state index contributed by atoms with van der Waals surface area (Å²) >= 11 is 4.96. The van der Waals surface area contributed by atoms with Gasteiger partial charge in [0.15, 0.2) is 6.61 Å². The third-order valence-corrected chi connectivity index (χ3v) is 7.50. The average molecular weight is 486 g/mol. The molecule has 0 aliphatic heterocycles. The number of carbonyl (C=O) groups excluding carboxylic acids is 1. The van der Waals surface area contributed by atoms with Gasteiger partial charge in [-0.05, 0) is 35.9 Å². The van der Waals surface area contributed by atoms with Gasteiger partial charge in [-0.3, -0.25) is 0 Å². The molecule has 3 aromatic rings. The number of pyridine rings is 1. The zero-order valence-electron chi connectivity index (χ0n) is 17.9. The van der Waals surface area contributed by atoms with Crippen LogP contribution in [0.15, 0.2) is 46.9 Å². The molecule has 0 saturated carbocycles. The summed E-state index contributed by atoms with van der Waals surface area (Å²) in [4.78, 5) is 20.5. The second kappa shape index (κ2) is 12.5. The number of ether oxygens (including phenoxy) is 2. The van der Waals surface area contributed by atoms with Gasteiger partial charge in [0.05, 0.1) is 12.7 Å². The first-order chi connectivity index (χ1) is 15.7. The molecule has 0 bridgehead atoms. The molecule has 0 fully saturated rings. The Morgan fingerprint density at radius 1 is 1.28 bits per heavy atom. The van der Waals surface area contributed by atoms with Gasteiger partial charge < -0.3 is 9.47 Å². The summed E-state index contributed by atoms with van der Waals surface area (Å²) in [6.07, 6.45) is 4.10. The van der Waals surface area contributed by atoms with E-state index in [2.05, 4.69) is 22.7 Å². The molecule has 6 nitrogen and oxygen atoms in total. The van der Waals surface area contributed by atoms with Crippen molar-refractivity contribution in [2.45, 2.75) is 24.8 Å². The minimum atomic E-state index is -0.443. The van der Waals surface area contributed by atoms with Crippen molar-refractivity contribution in [1.82, 2.24) is 9.97 Å². The van der Waals surface area contributed by atoms with E-state index in [1.165, 1.54) is 31.3 Å². The lowest BCUT2D eigenvalue weighted by atomic mass is 10.0. The van der Waals surface area contributed by atoms with Crippen LogP contribution < -0.4 is 4.74 Å². The van der Waals surface area contributed by atoms with Crippen LogP contribution in [-0.4, -0.2) is 40.5 Å². The molecule has 0 saturated heterocycles. The quantitative estimate of drug-likeness (QED) is 0.144. The van der Waals surface area contributed by atoms with E-state index in [0.717, 1.165) is 32.7 Å². The summed E-state index contributed by atoms with van der Waals surface area (Å²) in [5, 5.41) is 14.2. The van der Waals surface area contributed by atoms with E-state index in [4.69, 9.17) is 9.72 Å². The number of esters is 1. The first-order valence-corrected chi connectivity index (χ1v) is 13.0. The summed E-state index contributed by atoms with van der Waals surface area (Å²) in [6, 6.07) is 11.6. The lowest BCUT2D eigenvalue weighted by Gasteiger charge is -2.12. The molecule has 0 amide bonds. The van der Waals surface area contributed by atoms with Crippen LogP contribution in [0.4, 0.5) is 0 Å². The molecule has 2 aromatic heterocycles. The molecule has 0 N–H and O–H groups in total. The lowest BCUT2D eigenvalue weighted by Crippen LogP contribution is -2.12. The van der Waals surface area contributed by atoms with E-state index in [1.807, 2.05) is 35.3 Å². The Hall–Kier alpha value is -2.54. The third kappa shape index (κ3) is 6.48. The number of aromatic nitrogens is 2. The topological polar surface area (TPSA) is 85.1 Å². The number of nitriles is 1. The molecule has 3 rings (SSSR count). The molecule has 0 spiro atoms. The number of methoxy groups -OCH3 is 1. The van der Waals surface area contributed by atoms with Crippen molar-refractivity contribution in [1.29, 1.82) is 5.26 Å². The number of thiazole rings is 1. The van der Waals surface area contributed by atoms with Crippen molar-refractivity contribution in [2.24, 2.45) is 0 Å². The van der Waals surface area contributed by atoms with Gasteiger partial charge in [0, 0.05) is 22.2 Å². The van der Waals surface area contributed by atoms with Crippen LogP contribution in [0.5, 0.6) is 5.75 Å². The fourth-order valence-electron chi connectivity index (χ4n) is 2.76. The fraction of sp³-hybridized carbons (Fsp3) is 0.304. The predicted molar refractivity (Wildman–Crippen MR) is 131 cm³/mol. The molecular weight excluding hydrogens is 462 g/mol. The molecule has 166 valence electrons. The Labute approximate surface area is 200 Å². The normalized spacial score (nSPS) is 10.5. The zero-order chi connectivity index (χ0) is 22.8. The van der Waals surface area contributed by atoms with Crippen molar-refractivity contribution >= 4 is 40.8 Å². The highest BCUT2D eigenvalue weighted by Crippen LogP contribution is 2.36. The number of thioether (sulfide) groups is 2. The molecule has 0 unspecified atom stereocenters. The van der Waals surface area contributed by atoms with Gasteiger partial charge >= 0.3 is 5.97 Å². The van der Waals surface area contributed by atoms with E-state index in [0.29, 0.717) is 16.3 Å². The minimum Gasteiger partial charge on any atom is -0.482 e. The molecule has 0 aliphatic carbocycles. The zero-order valence-corrected chi connectivity index (χ0v) is 20.3. The van der Waals surface area contributed by atoms with Crippen LogP contribution in [0.2, 0.25) is 0 Å². The number of carbonyl (C=O) groups is 1. The number of hydrogen-bond acceptors (Lipinski definition) is 9. The summed E-state index contributed by atoms with van der Waals surface area (Å²) in [6.45, 7) is 2.03. The van der Waals surface area contributed by atoms with Crippen molar-refractivity contribution in [3.05, 3.63) is 47.5 Å². The molecule has 2 heterocycles. The maximum Gasteiger partial charge on any atom is 0.343 e. The molecule has 0 radical (unpaired) electrons. The van der Waals surface area contributed by atoms with Crippen LogP contribution in [0, 0.1) is 11.3 Å². The molecular formula is C23H23N3O3S3. The Morgan fingerprint density at radius 2 is 2.09 bits per heavy atom. The number of benzene rings is 1. The van der Waals surface area contributed by atoms with Crippen LogP contribution in [0.3, 0.4) is 0 Å². The average Bonchev–Trinajstić information content (AvgIpc) is 3.37. The van der Waals surface area contributed by atoms with Gasteiger partial charge in [-0.2, -0.15) is 17.0 Å². The second-order valence-electron chi connectivity index (χ2n) is 6.60. The Morgan fingerprint density at radius 3 is 2.75 bits per heavy atom. The third-order valence-electron chi connectivity index (χ3n) is 4.42. The van der Waals surface area contributed by atoms with Crippen LogP contribution in [0.1, 0.15) is 25.3 Å². The first-order valence-electron chi connectivity index (χ1n) is 10.0. The van der Waals surface area contributed by atoms with Crippen LogP contribution >= 0.6 is 34.9 Å². The van der Waals surface area contributed by atoms with Gasteiger partial charge in [-0.1, -0.05) is 37.2 Å². The number of rotatable bonds is 11. The maximum atomic E-state index is 11.3. The van der Waals surface area contributed by atoms with Gasteiger partial charge in [0.25, 0.3) is 0 Å². The summed E-state index contributed by atoms with van der Waals surface area (Å²) in [5.74, 6) is 1.20. The second-order valence-corrected chi connectivity index (χ2v) is 9.93. The molecule has 1 aromatic carbocycles. The lowest BCUT2D eigenvalue weighted by molar-refractivity contribution is -0.142. The van der Waals surface area contributed by atoms with E-state index in [1.54, 1.807) is 30.1 Å². The van der Waals surface area contributed by atoms with Crippen molar-refractivity contribution in [3.63, 3.8) is 0 Å². The van der Waals surface area contributed by atoms with Crippen molar-refractivity contribution in [2.75, 3.05) is 24.6 Å². The highest BCUT2D eigenvalue weighted by atomic mass is 32.2. The summed E-state index contributed by atoms with van der Waals surface area (Å²) < 4.78 is 10.0. The van der Waals surface area contributed by atoms with E-state index < -0.39 is 5.97 Å². The summed E-state index contributed by atoms with van der Waals surface area (Å²) in [5.41, 5.74) is 2.97. The Bertz CT molecular complexity index is 1060. The monoisotopic (exact) mass is 485 g/mol. The molecule has 0 atom stereocenters. The smallest absolute Gasteiger partial charge is 0.343 e. The van der Waals surface area contributed by atoms with E-state index >= 15 is 0 Å². The van der Waals surface area contributed by atoms with Crippen LogP contribution in [0.25, 0.3) is 21.8 Å². The highest BCUT2D eigenvalue weighted by Gasteiger charge is 2.17. The SMILES string of the molecule is CCCCSCSc1nc(-c2nccs2)cc(-c2ccc(OCC(=O)OC)cc2)c1C#N. The Kier molecular flexibility index (Phi) is 9.41. The van der Waals surface area contributed by atoms with Crippen molar-refractivity contribution < 1.29 is 14.3 Å². The number of hydrogen-bond donors (Lipinski definition) is 0. The maximum absolute atomic E-state index is 11.3. The van der Waals surface area contributed by atoms with E-state index in [-0.39, 0.29) is 6.61 Å². The van der Waals surface area contributed by atoms with Gasteiger partial charge in [0.1, 0.15) is 27.5 Å². The summed E-state index contributed by atoms with van der Waals surface area (Å²) in [7, 11) is 1.32. The first kappa shape index (κ1) is 24.1. The molecule has 0 aliphatic rings. The number of unbranched alkanes of at least 4 members (excludes halogenated alkanes) is 1. The standard InChI is InChI=1S/C23H23N3O3S3/c1-3-4-10-30-15-32-22-19(13-24)18(12-20(26-22)23-25-9-11-31-23)16-5-7-17(8-6-16)29-14-21(27)28-2/h5-9,11-12H,3-4,10,14-15H2,1-2H3. The van der Waals surface area contributed by atoms with Crippen molar-refractivity contribution in [3.8, 4) is 33.6 Å². The minimum absolute atomic E-state index is 0.154. The van der Waals surface area contributed by atoms with Gasteiger partial charge in [-0.25, -0.2) is 14.8 Å². The number of nitrogens with zero attached hydrogens (tertiary/aromatic N) is 3. The Balaban J connectivity index is 1.91. The largest absolute Gasteiger partial charge is 0.482 e. The van der Waals surface area contributed by atoms with Crippen LogP contribution in [-0.2, 0) is 9.53 Å². The van der Waals surface area contributed by atoms with Gasteiger partial charge in [-0.15, -0.1) is 11.3 Å². The van der Waals surface area contributed by atoms with E-state index in [9.17, 15) is 10.1 Å². The predicted octanol–water partition coefficient (Wildman–Crippen LogP) is 5.88. The molecule has 9 heteroatoms. The fourth-order valence-corrected chi connectivity index (χ4v) is 5.56. The van der Waals surface area contributed by atoms with Gasteiger partial charge in [0.2, 0.25) is 0 Å².